The molecule has 1 aromatic rings. The van der Waals surface area contributed by atoms with Crippen LogP contribution in [-0.2, 0) is 54.4 Å². The Kier molecular flexibility index (Phi) is 21.6. The summed E-state index contributed by atoms with van der Waals surface area (Å²) in [6, 6.07) is -0.906. The lowest BCUT2D eigenvalue weighted by atomic mass is 9.85. The van der Waals surface area contributed by atoms with Gasteiger partial charge in [0.1, 0.15) is 30.2 Å². The normalized spacial score (nSPS) is 14.2. The van der Waals surface area contributed by atoms with E-state index >= 15 is 0 Å². The number of aryl methyl sites for hydroxylation is 1. The number of rotatable bonds is 26. The Morgan fingerprint density at radius 2 is 1.18 bits per heavy atom. The van der Waals surface area contributed by atoms with Crippen molar-refractivity contribution in [1.29, 1.82) is 0 Å². The number of ketones is 1. The lowest BCUT2D eigenvalue weighted by Crippen LogP contribution is -2.62. The molecule has 334 valence electrons. The van der Waals surface area contributed by atoms with Gasteiger partial charge in [-0.05, 0) is 55.6 Å². The highest BCUT2D eigenvalue weighted by molar-refractivity contribution is 6.37. The van der Waals surface area contributed by atoms with Crippen LogP contribution < -0.4 is 37.6 Å². The van der Waals surface area contributed by atoms with Crippen molar-refractivity contribution in [1.82, 2.24) is 31.9 Å². The van der Waals surface area contributed by atoms with Gasteiger partial charge in [0.05, 0.1) is 12.5 Å². The number of hydrogen-bond acceptors (Lipinski definition) is 10. The molecule has 0 saturated heterocycles. The van der Waals surface area contributed by atoms with Gasteiger partial charge < -0.3 is 47.8 Å². The van der Waals surface area contributed by atoms with Crippen LogP contribution in [0.15, 0.2) is 24.3 Å². The Morgan fingerprint density at radius 1 is 0.650 bits per heavy atom. The number of carbonyl (C=O) groups is 10. The van der Waals surface area contributed by atoms with E-state index in [0.29, 0.717) is 18.4 Å². The molecular formula is C41H63N7O12. The lowest BCUT2D eigenvalue weighted by Gasteiger charge is -2.34. The van der Waals surface area contributed by atoms with Crippen molar-refractivity contribution >= 4 is 59.1 Å². The second-order valence-corrected chi connectivity index (χ2v) is 16.3. The first-order valence-electron chi connectivity index (χ1n) is 20.0. The molecule has 0 bridgehead atoms. The van der Waals surface area contributed by atoms with Crippen LogP contribution in [-0.4, -0.2) is 106 Å². The molecule has 19 heteroatoms. The molecule has 0 radical (unpaired) electrons. The maximum Gasteiger partial charge on any atom is 0.303 e. The largest absolute Gasteiger partial charge is 0.481 e. The minimum absolute atomic E-state index is 0.107. The predicted octanol–water partition coefficient (Wildman–Crippen LogP) is 0.533. The molecule has 0 saturated carbocycles. The number of nitrogens with two attached hydrogens (primary N) is 1. The van der Waals surface area contributed by atoms with E-state index in [4.69, 9.17) is 10.8 Å². The minimum atomic E-state index is -1.52. The Hall–Kier alpha value is -5.88. The maximum atomic E-state index is 14.3. The Balaban J connectivity index is 3.50. The van der Waals surface area contributed by atoms with Crippen LogP contribution in [0.25, 0.3) is 0 Å². The molecule has 6 atom stereocenters. The number of benzene rings is 1. The van der Waals surface area contributed by atoms with Crippen LogP contribution in [0, 0.1) is 18.3 Å². The number of primary amides is 1. The average molecular weight is 846 g/mol. The fraction of sp³-hybridized carbons (Fsp3) is 0.610. The van der Waals surface area contributed by atoms with Gasteiger partial charge in [0.2, 0.25) is 41.2 Å². The summed E-state index contributed by atoms with van der Waals surface area (Å²) >= 11 is 0. The Bertz CT molecular complexity index is 1720. The molecule has 0 spiro atoms. The van der Waals surface area contributed by atoms with Gasteiger partial charge >= 0.3 is 11.9 Å². The number of nitrogens with one attached hydrogen (secondary N) is 6. The summed E-state index contributed by atoms with van der Waals surface area (Å²) in [7, 11) is 0. The molecule has 0 aliphatic rings. The number of aliphatic carboxylic acids is 2. The van der Waals surface area contributed by atoms with Gasteiger partial charge in [-0.1, -0.05) is 78.6 Å². The molecule has 6 unspecified atom stereocenters. The van der Waals surface area contributed by atoms with Crippen molar-refractivity contribution in [2.24, 2.45) is 17.1 Å². The topological polar surface area (TPSA) is 309 Å². The summed E-state index contributed by atoms with van der Waals surface area (Å²) < 4.78 is 0. The fourth-order valence-corrected chi connectivity index (χ4v) is 5.97. The second-order valence-electron chi connectivity index (χ2n) is 16.3. The van der Waals surface area contributed by atoms with Gasteiger partial charge in [0.15, 0.2) is 0 Å². The van der Waals surface area contributed by atoms with Gasteiger partial charge in [0, 0.05) is 19.3 Å². The van der Waals surface area contributed by atoms with E-state index in [2.05, 4.69) is 31.9 Å². The third-order valence-corrected chi connectivity index (χ3v) is 9.41. The van der Waals surface area contributed by atoms with E-state index in [-0.39, 0.29) is 25.2 Å². The lowest BCUT2D eigenvalue weighted by molar-refractivity contribution is -0.140. The van der Waals surface area contributed by atoms with Crippen molar-refractivity contribution in [3.63, 3.8) is 0 Å². The van der Waals surface area contributed by atoms with E-state index in [1.165, 1.54) is 6.92 Å². The summed E-state index contributed by atoms with van der Waals surface area (Å²) in [4.78, 5) is 128. The SMILES string of the molecule is CCCCC(NC(=O)C(CC(C)C)NC(=O)C(NC(=O)C(Cc1ccccc1C)NC(=O)C(CCC(=O)O)NC(=O)C(C)NC(=O)CCC(=O)O)C(C)(C)C)C(=O)C(N)=O. The van der Waals surface area contributed by atoms with Crippen LogP contribution in [0.3, 0.4) is 0 Å². The number of carbonyl (C=O) groups excluding carboxylic acids is 8. The zero-order valence-electron chi connectivity index (χ0n) is 35.8. The fourth-order valence-electron chi connectivity index (χ4n) is 5.97. The molecule has 0 fully saturated rings. The number of hydrogen-bond donors (Lipinski definition) is 9. The van der Waals surface area contributed by atoms with Crippen molar-refractivity contribution in [2.75, 3.05) is 0 Å². The highest BCUT2D eigenvalue weighted by Gasteiger charge is 2.38. The molecular weight excluding hydrogens is 782 g/mol. The van der Waals surface area contributed by atoms with E-state index in [1.807, 2.05) is 20.8 Å². The van der Waals surface area contributed by atoms with Gasteiger partial charge in [-0.3, -0.25) is 47.9 Å². The molecule has 0 aliphatic carbocycles. The summed E-state index contributed by atoms with van der Waals surface area (Å²) in [5.74, 6) is -9.76. The van der Waals surface area contributed by atoms with Crippen LogP contribution >= 0.6 is 0 Å². The molecule has 0 aliphatic heterocycles. The quantitative estimate of drug-likeness (QED) is 0.0577. The molecule has 0 aromatic heterocycles. The standard InChI is InChI=1S/C41H63N7O12/c1-9-10-15-26(33(54)35(42)55)44-38(58)28(20-22(2)3)47-40(60)34(41(6,7)8)48-39(59)29(21-25-14-12-11-13-23(25)4)46-37(57)27(16-18-31(50)51)45-36(56)24(5)43-30(49)17-19-32(52)53/h11-14,22,24,26-29,34H,9-10,15-21H2,1-8H3,(H2,42,55)(H,43,49)(H,44,58)(H,45,56)(H,46,57)(H,47,60)(H,48,59)(H,50,51)(H,52,53). The van der Waals surface area contributed by atoms with E-state index in [0.717, 1.165) is 5.56 Å². The zero-order chi connectivity index (χ0) is 45.9. The van der Waals surface area contributed by atoms with E-state index < -0.39 is 126 Å². The molecule has 7 amide bonds. The third-order valence-electron chi connectivity index (χ3n) is 9.41. The maximum absolute atomic E-state index is 14.3. The first-order valence-corrected chi connectivity index (χ1v) is 20.0. The number of unbranched alkanes of at least 4 members (excludes halogenated alkanes) is 1. The first kappa shape index (κ1) is 52.1. The Morgan fingerprint density at radius 3 is 1.72 bits per heavy atom. The van der Waals surface area contributed by atoms with Crippen LogP contribution in [0.5, 0.6) is 0 Å². The summed E-state index contributed by atoms with van der Waals surface area (Å²) in [5, 5.41) is 33.5. The van der Waals surface area contributed by atoms with E-state index in [9.17, 15) is 53.1 Å². The number of carboxylic acids is 2. The van der Waals surface area contributed by atoms with Crippen molar-refractivity contribution in [3.05, 3.63) is 35.4 Å². The summed E-state index contributed by atoms with van der Waals surface area (Å²) in [5.41, 5.74) is 5.63. The second kappa shape index (κ2) is 24.9. The third kappa shape index (κ3) is 18.8. The van der Waals surface area contributed by atoms with Gasteiger partial charge in [0.25, 0.3) is 5.91 Å². The van der Waals surface area contributed by atoms with Gasteiger partial charge in [-0.2, -0.15) is 0 Å². The van der Waals surface area contributed by atoms with Crippen molar-refractivity contribution in [3.8, 4) is 0 Å². The highest BCUT2D eigenvalue weighted by atomic mass is 16.4. The molecule has 0 heterocycles. The molecule has 10 N–H and O–H groups in total. The zero-order valence-corrected chi connectivity index (χ0v) is 35.8. The summed E-state index contributed by atoms with van der Waals surface area (Å²) in [6.45, 7) is 13.5. The average Bonchev–Trinajstić information content (AvgIpc) is 3.14. The monoisotopic (exact) mass is 845 g/mol. The molecule has 60 heavy (non-hydrogen) atoms. The van der Waals surface area contributed by atoms with Gasteiger partial charge in [-0.15, -0.1) is 0 Å². The molecule has 19 nitrogen and oxygen atoms in total. The van der Waals surface area contributed by atoms with Crippen molar-refractivity contribution < 1.29 is 58.2 Å². The number of amides is 7. The van der Waals surface area contributed by atoms with Gasteiger partial charge in [-0.25, -0.2) is 0 Å². The van der Waals surface area contributed by atoms with Crippen LogP contribution in [0.4, 0.5) is 0 Å². The highest BCUT2D eigenvalue weighted by Crippen LogP contribution is 2.21. The Labute approximate surface area is 350 Å². The minimum Gasteiger partial charge on any atom is -0.481 e. The van der Waals surface area contributed by atoms with E-state index in [1.54, 1.807) is 52.0 Å². The van der Waals surface area contributed by atoms with Crippen LogP contribution in [0.2, 0.25) is 0 Å². The predicted molar refractivity (Wildman–Crippen MR) is 219 cm³/mol. The van der Waals surface area contributed by atoms with Crippen LogP contribution in [0.1, 0.15) is 111 Å². The number of Topliss-reactive ketones (excluding diaryl/α,β-unsaturated/α-hetero) is 1. The molecule has 1 aromatic carbocycles. The first-order chi connectivity index (χ1) is 27.9. The summed E-state index contributed by atoms with van der Waals surface area (Å²) in [6.07, 6.45) is -0.562. The molecule has 1 rings (SSSR count). The smallest absolute Gasteiger partial charge is 0.303 e. The number of carboxylic acid groups (broad SMARTS) is 2. The van der Waals surface area contributed by atoms with Crippen molar-refractivity contribution in [2.45, 2.75) is 149 Å².